The highest BCUT2D eigenvalue weighted by molar-refractivity contribution is 5.45. The maximum Gasteiger partial charge on any atom is 0.142 e. The molecule has 0 amide bonds. The number of rotatable bonds is 4. The lowest BCUT2D eigenvalue weighted by molar-refractivity contribution is 0.237. The zero-order chi connectivity index (χ0) is 11.9. The van der Waals surface area contributed by atoms with Crippen molar-refractivity contribution in [1.82, 2.24) is 9.88 Å². The van der Waals surface area contributed by atoms with Crippen LogP contribution in [0.3, 0.4) is 0 Å². The van der Waals surface area contributed by atoms with E-state index in [0.717, 1.165) is 18.8 Å². The highest BCUT2D eigenvalue weighted by atomic mass is 15.1. The van der Waals surface area contributed by atoms with Gasteiger partial charge in [-0.3, -0.25) is 0 Å². The molecule has 0 atom stereocenters. The molecule has 1 saturated heterocycles. The van der Waals surface area contributed by atoms with Crippen molar-refractivity contribution in [2.45, 2.75) is 19.3 Å². The molecular formula is C13H18N4. The van der Waals surface area contributed by atoms with E-state index in [-0.39, 0.29) is 0 Å². The Bertz CT molecular complexity index is 391. The van der Waals surface area contributed by atoms with E-state index in [1.54, 1.807) is 12.3 Å². The summed E-state index contributed by atoms with van der Waals surface area (Å²) in [4.78, 5) is 6.43. The second-order valence-electron chi connectivity index (χ2n) is 4.37. The lowest BCUT2D eigenvalue weighted by Crippen LogP contribution is -2.33. The van der Waals surface area contributed by atoms with Crippen molar-refractivity contribution in [2.75, 3.05) is 31.5 Å². The molecule has 1 aliphatic rings. The highest BCUT2D eigenvalue weighted by Gasteiger charge is 2.08. The van der Waals surface area contributed by atoms with Crippen molar-refractivity contribution >= 4 is 5.69 Å². The van der Waals surface area contributed by atoms with Gasteiger partial charge in [-0.15, -0.1) is 0 Å². The Balaban J connectivity index is 1.75. The molecule has 1 aromatic rings. The molecule has 0 aliphatic carbocycles. The van der Waals surface area contributed by atoms with Gasteiger partial charge in [0.1, 0.15) is 11.8 Å². The SMILES string of the molecule is N#Cc1cc(NCCN2CCCCC2)ccn1. The molecular weight excluding hydrogens is 212 g/mol. The topological polar surface area (TPSA) is 52.0 Å². The minimum absolute atomic E-state index is 0.466. The fourth-order valence-electron chi connectivity index (χ4n) is 2.14. The van der Waals surface area contributed by atoms with E-state index in [2.05, 4.69) is 15.2 Å². The van der Waals surface area contributed by atoms with Gasteiger partial charge in [0.05, 0.1) is 0 Å². The van der Waals surface area contributed by atoms with Crippen LogP contribution in [-0.4, -0.2) is 36.1 Å². The predicted octanol–water partition coefficient (Wildman–Crippen LogP) is 1.85. The fraction of sp³-hybridized carbons (Fsp3) is 0.538. The standard InChI is InChI=1S/C13H18N4/c14-11-13-10-12(4-5-15-13)16-6-9-17-7-2-1-3-8-17/h4-5,10H,1-3,6-9H2,(H,15,16). The summed E-state index contributed by atoms with van der Waals surface area (Å²) in [5.41, 5.74) is 1.45. The summed E-state index contributed by atoms with van der Waals surface area (Å²) < 4.78 is 0. The van der Waals surface area contributed by atoms with Crippen molar-refractivity contribution in [3.8, 4) is 6.07 Å². The first-order chi connectivity index (χ1) is 8.38. The molecule has 0 radical (unpaired) electrons. The smallest absolute Gasteiger partial charge is 0.142 e. The van der Waals surface area contributed by atoms with E-state index in [4.69, 9.17) is 5.26 Å². The molecule has 90 valence electrons. The number of anilines is 1. The number of likely N-dealkylation sites (tertiary alicyclic amines) is 1. The first-order valence-corrected chi connectivity index (χ1v) is 6.21. The summed E-state index contributed by atoms with van der Waals surface area (Å²) in [6.45, 7) is 4.45. The number of piperidine rings is 1. The summed E-state index contributed by atoms with van der Waals surface area (Å²) in [5, 5.41) is 12.1. The average molecular weight is 230 g/mol. The molecule has 0 unspecified atom stereocenters. The maximum atomic E-state index is 8.74. The number of nitrogens with zero attached hydrogens (tertiary/aromatic N) is 3. The quantitative estimate of drug-likeness (QED) is 0.857. The van der Waals surface area contributed by atoms with E-state index in [0.29, 0.717) is 5.69 Å². The van der Waals surface area contributed by atoms with Crippen molar-refractivity contribution in [2.24, 2.45) is 0 Å². The van der Waals surface area contributed by atoms with Crippen LogP contribution in [0.1, 0.15) is 25.0 Å². The first kappa shape index (κ1) is 11.9. The number of nitriles is 1. The molecule has 1 fully saturated rings. The van der Waals surface area contributed by atoms with E-state index < -0.39 is 0 Å². The van der Waals surface area contributed by atoms with Crippen LogP contribution >= 0.6 is 0 Å². The summed E-state index contributed by atoms with van der Waals surface area (Å²) in [7, 11) is 0. The van der Waals surface area contributed by atoms with Gasteiger partial charge in [0.15, 0.2) is 0 Å². The molecule has 0 spiro atoms. The van der Waals surface area contributed by atoms with Crippen LogP contribution in [0.2, 0.25) is 0 Å². The van der Waals surface area contributed by atoms with Gasteiger partial charge in [-0.05, 0) is 38.1 Å². The second kappa shape index (κ2) is 6.21. The molecule has 17 heavy (non-hydrogen) atoms. The predicted molar refractivity (Wildman–Crippen MR) is 67.7 cm³/mol. The largest absolute Gasteiger partial charge is 0.384 e. The van der Waals surface area contributed by atoms with Gasteiger partial charge in [0, 0.05) is 25.0 Å². The molecule has 1 aromatic heterocycles. The number of nitrogens with one attached hydrogen (secondary N) is 1. The Morgan fingerprint density at radius 1 is 1.35 bits per heavy atom. The Morgan fingerprint density at radius 3 is 2.94 bits per heavy atom. The van der Waals surface area contributed by atoms with Crippen molar-refractivity contribution in [1.29, 1.82) is 5.26 Å². The van der Waals surface area contributed by atoms with Crippen LogP contribution in [0.15, 0.2) is 18.3 Å². The third-order valence-electron chi connectivity index (χ3n) is 3.08. The molecule has 4 nitrogen and oxygen atoms in total. The molecule has 1 N–H and O–H groups in total. The third kappa shape index (κ3) is 3.72. The minimum atomic E-state index is 0.466. The number of hydrogen-bond acceptors (Lipinski definition) is 4. The van der Waals surface area contributed by atoms with E-state index in [1.807, 2.05) is 12.1 Å². The summed E-state index contributed by atoms with van der Waals surface area (Å²) in [5.74, 6) is 0. The number of pyridine rings is 1. The van der Waals surface area contributed by atoms with Gasteiger partial charge >= 0.3 is 0 Å². The summed E-state index contributed by atoms with van der Waals surface area (Å²) >= 11 is 0. The summed E-state index contributed by atoms with van der Waals surface area (Å²) in [6.07, 6.45) is 5.70. The monoisotopic (exact) mass is 230 g/mol. The maximum absolute atomic E-state index is 8.74. The van der Waals surface area contributed by atoms with Gasteiger partial charge in [-0.1, -0.05) is 6.42 Å². The summed E-state index contributed by atoms with van der Waals surface area (Å²) in [6, 6.07) is 5.73. The Morgan fingerprint density at radius 2 is 2.18 bits per heavy atom. The van der Waals surface area contributed by atoms with Crippen LogP contribution in [0.5, 0.6) is 0 Å². The zero-order valence-electron chi connectivity index (χ0n) is 10.0. The molecule has 2 rings (SSSR count). The third-order valence-corrected chi connectivity index (χ3v) is 3.08. The molecule has 0 bridgehead atoms. The van der Waals surface area contributed by atoms with Gasteiger partial charge in [-0.25, -0.2) is 4.98 Å². The van der Waals surface area contributed by atoms with E-state index in [9.17, 15) is 0 Å². The van der Waals surface area contributed by atoms with E-state index in [1.165, 1.54) is 32.4 Å². The number of hydrogen-bond donors (Lipinski definition) is 1. The molecule has 4 heteroatoms. The average Bonchev–Trinajstić information content (AvgIpc) is 2.40. The van der Waals surface area contributed by atoms with Crippen LogP contribution < -0.4 is 5.32 Å². The normalized spacial score (nSPS) is 16.4. The van der Waals surface area contributed by atoms with Crippen LogP contribution in [-0.2, 0) is 0 Å². The van der Waals surface area contributed by atoms with E-state index >= 15 is 0 Å². The van der Waals surface area contributed by atoms with Gasteiger partial charge < -0.3 is 10.2 Å². The van der Waals surface area contributed by atoms with Crippen molar-refractivity contribution in [3.63, 3.8) is 0 Å². The van der Waals surface area contributed by atoms with Crippen LogP contribution in [0.4, 0.5) is 5.69 Å². The Hall–Kier alpha value is -1.60. The van der Waals surface area contributed by atoms with Gasteiger partial charge in [-0.2, -0.15) is 5.26 Å². The Kier molecular flexibility index (Phi) is 4.34. The molecule has 2 heterocycles. The highest BCUT2D eigenvalue weighted by Crippen LogP contribution is 2.09. The van der Waals surface area contributed by atoms with Crippen molar-refractivity contribution in [3.05, 3.63) is 24.0 Å². The minimum Gasteiger partial charge on any atom is -0.384 e. The van der Waals surface area contributed by atoms with Crippen LogP contribution in [0, 0.1) is 11.3 Å². The van der Waals surface area contributed by atoms with Gasteiger partial charge in [0.2, 0.25) is 0 Å². The fourth-order valence-corrected chi connectivity index (χ4v) is 2.14. The molecule has 1 aliphatic heterocycles. The van der Waals surface area contributed by atoms with Crippen molar-refractivity contribution < 1.29 is 0 Å². The zero-order valence-corrected chi connectivity index (χ0v) is 10.0. The number of aromatic nitrogens is 1. The van der Waals surface area contributed by atoms with Gasteiger partial charge in [0.25, 0.3) is 0 Å². The van der Waals surface area contributed by atoms with Crippen LogP contribution in [0.25, 0.3) is 0 Å². The molecule has 0 saturated carbocycles. The Labute approximate surface area is 102 Å². The lowest BCUT2D eigenvalue weighted by atomic mass is 10.1. The first-order valence-electron chi connectivity index (χ1n) is 6.21. The lowest BCUT2D eigenvalue weighted by Gasteiger charge is -2.26. The second-order valence-corrected chi connectivity index (χ2v) is 4.37. The molecule has 0 aromatic carbocycles.